The molecule has 5 nitrogen and oxygen atoms in total. The van der Waals surface area contributed by atoms with Gasteiger partial charge < -0.3 is 9.80 Å². The molecular formula is C12H13Cl2N3O2. The molecule has 1 aliphatic rings. The maximum atomic E-state index is 11.9. The van der Waals surface area contributed by atoms with Crippen LogP contribution in [0.25, 0.3) is 0 Å². The molecule has 1 saturated heterocycles. The van der Waals surface area contributed by atoms with Crippen LogP contribution in [0.4, 0.5) is 0 Å². The molecule has 102 valence electrons. The zero-order valence-corrected chi connectivity index (χ0v) is 11.9. The Morgan fingerprint density at radius 3 is 2.47 bits per heavy atom. The van der Waals surface area contributed by atoms with Crippen LogP contribution in [0.1, 0.15) is 12.5 Å². The fourth-order valence-corrected chi connectivity index (χ4v) is 2.35. The minimum Gasteiger partial charge on any atom is -0.333 e. The van der Waals surface area contributed by atoms with Crippen LogP contribution in [0.3, 0.4) is 0 Å². The van der Waals surface area contributed by atoms with Crippen LogP contribution in [-0.4, -0.2) is 46.2 Å². The Morgan fingerprint density at radius 2 is 1.84 bits per heavy atom. The van der Waals surface area contributed by atoms with Crippen molar-refractivity contribution in [1.82, 2.24) is 14.8 Å². The Hall–Kier alpha value is -1.33. The molecule has 0 atom stereocenters. The van der Waals surface area contributed by atoms with Crippen molar-refractivity contribution in [2.75, 3.05) is 19.6 Å². The second-order valence-corrected chi connectivity index (χ2v) is 5.00. The summed E-state index contributed by atoms with van der Waals surface area (Å²) >= 11 is 11.7. The topological polar surface area (TPSA) is 53.5 Å². The van der Waals surface area contributed by atoms with Crippen molar-refractivity contribution < 1.29 is 9.59 Å². The molecule has 0 aliphatic carbocycles. The van der Waals surface area contributed by atoms with Gasteiger partial charge in [0.2, 0.25) is 0 Å². The summed E-state index contributed by atoms with van der Waals surface area (Å²) in [6.45, 7) is 3.70. The fraction of sp³-hybridized carbons (Fsp3) is 0.417. The first-order valence-electron chi connectivity index (χ1n) is 5.91. The highest BCUT2D eigenvalue weighted by Crippen LogP contribution is 2.21. The summed E-state index contributed by atoms with van der Waals surface area (Å²) in [5.41, 5.74) is 0.678. The number of hydrogen-bond donors (Lipinski definition) is 0. The lowest BCUT2D eigenvalue weighted by molar-refractivity contribution is -0.156. The van der Waals surface area contributed by atoms with Crippen molar-refractivity contribution in [3.63, 3.8) is 0 Å². The van der Waals surface area contributed by atoms with Crippen LogP contribution in [-0.2, 0) is 16.1 Å². The van der Waals surface area contributed by atoms with E-state index in [0.29, 0.717) is 35.4 Å². The zero-order chi connectivity index (χ0) is 14.0. The van der Waals surface area contributed by atoms with Crippen LogP contribution in [0.5, 0.6) is 0 Å². The normalized spacial score (nSPS) is 16.2. The van der Waals surface area contributed by atoms with Crippen LogP contribution in [0.15, 0.2) is 12.3 Å². The van der Waals surface area contributed by atoms with Crippen molar-refractivity contribution in [2.24, 2.45) is 0 Å². The molecule has 1 fully saturated rings. The highest BCUT2D eigenvalue weighted by molar-refractivity contribution is 6.36. The zero-order valence-electron chi connectivity index (χ0n) is 10.4. The highest BCUT2D eigenvalue weighted by atomic mass is 35.5. The van der Waals surface area contributed by atoms with Gasteiger partial charge in [-0.2, -0.15) is 0 Å². The molecule has 0 spiro atoms. The molecule has 0 radical (unpaired) electrons. The van der Waals surface area contributed by atoms with Crippen LogP contribution in [0.2, 0.25) is 10.2 Å². The largest absolute Gasteiger partial charge is 0.333 e. The molecule has 1 aromatic heterocycles. The third kappa shape index (κ3) is 2.98. The summed E-state index contributed by atoms with van der Waals surface area (Å²) in [6.07, 6.45) is 1.52. The van der Waals surface area contributed by atoms with Crippen molar-refractivity contribution in [2.45, 2.75) is 13.5 Å². The van der Waals surface area contributed by atoms with E-state index >= 15 is 0 Å². The molecule has 0 bridgehead atoms. The first kappa shape index (κ1) is 14.1. The number of pyridine rings is 1. The number of halogens is 2. The van der Waals surface area contributed by atoms with Crippen LogP contribution < -0.4 is 0 Å². The molecule has 2 amide bonds. The number of carbonyl (C=O) groups excluding carboxylic acids is 2. The van der Waals surface area contributed by atoms with Crippen molar-refractivity contribution in [3.05, 3.63) is 28.0 Å². The standard InChI is InChI=1S/C12H13Cl2N3O2/c1-2-16-3-4-17(12(19)11(16)18)7-8-6-15-10(14)5-9(8)13/h5-6H,2-4,7H2,1H3. The summed E-state index contributed by atoms with van der Waals surface area (Å²) in [5, 5.41) is 0.741. The minimum absolute atomic E-state index is 0.269. The van der Waals surface area contributed by atoms with E-state index in [1.807, 2.05) is 6.92 Å². The van der Waals surface area contributed by atoms with Gasteiger partial charge in [-0.3, -0.25) is 9.59 Å². The molecule has 0 aromatic carbocycles. The number of piperazine rings is 1. The number of carbonyl (C=O) groups is 2. The summed E-state index contributed by atoms with van der Waals surface area (Å²) in [6, 6.07) is 1.52. The van der Waals surface area contributed by atoms with Gasteiger partial charge in [0.05, 0.1) is 5.02 Å². The maximum absolute atomic E-state index is 11.9. The van der Waals surface area contributed by atoms with Gasteiger partial charge in [0.15, 0.2) is 0 Å². The van der Waals surface area contributed by atoms with E-state index in [1.54, 1.807) is 0 Å². The van der Waals surface area contributed by atoms with Crippen molar-refractivity contribution in [3.8, 4) is 0 Å². The molecule has 2 rings (SSSR count). The lowest BCUT2D eigenvalue weighted by Gasteiger charge is -2.33. The van der Waals surface area contributed by atoms with E-state index in [-0.39, 0.29) is 6.54 Å². The molecule has 2 heterocycles. The minimum atomic E-state index is -0.501. The number of aromatic nitrogens is 1. The third-order valence-electron chi connectivity index (χ3n) is 3.04. The smallest absolute Gasteiger partial charge is 0.312 e. The summed E-state index contributed by atoms with van der Waals surface area (Å²) < 4.78 is 0. The van der Waals surface area contributed by atoms with Crippen LogP contribution in [0, 0.1) is 0 Å². The van der Waals surface area contributed by atoms with Crippen molar-refractivity contribution >= 4 is 35.0 Å². The average Bonchev–Trinajstić information content (AvgIpc) is 2.38. The monoisotopic (exact) mass is 301 g/mol. The summed E-state index contributed by atoms with van der Waals surface area (Å²) in [4.78, 5) is 30.6. The molecule has 0 saturated carbocycles. The average molecular weight is 302 g/mol. The summed E-state index contributed by atoms with van der Waals surface area (Å²) in [7, 11) is 0. The Kier molecular flexibility index (Phi) is 4.27. The number of nitrogens with zero attached hydrogens (tertiary/aromatic N) is 3. The van der Waals surface area contributed by atoms with Gasteiger partial charge in [0.1, 0.15) is 5.15 Å². The Balaban J connectivity index is 2.12. The fourth-order valence-electron chi connectivity index (χ4n) is 1.93. The second kappa shape index (κ2) is 5.75. The van der Waals surface area contributed by atoms with Crippen LogP contribution >= 0.6 is 23.2 Å². The number of amides is 2. The predicted molar refractivity (Wildman–Crippen MR) is 71.9 cm³/mol. The quantitative estimate of drug-likeness (QED) is 0.629. The van der Waals surface area contributed by atoms with Gasteiger partial charge in [0, 0.05) is 37.9 Å². The number of likely N-dealkylation sites (N-methyl/N-ethyl adjacent to an activating group) is 1. The van der Waals surface area contributed by atoms with E-state index in [1.165, 1.54) is 22.1 Å². The molecule has 19 heavy (non-hydrogen) atoms. The number of rotatable bonds is 3. The molecule has 1 aromatic rings. The Bertz CT molecular complexity index is 522. The SMILES string of the molecule is CCN1CCN(Cc2cnc(Cl)cc2Cl)C(=O)C1=O. The van der Waals surface area contributed by atoms with E-state index in [0.717, 1.165) is 0 Å². The van der Waals surface area contributed by atoms with E-state index in [9.17, 15) is 9.59 Å². The van der Waals surface area contributed by atoms with Gasteiger partial charge in [-0.05, 0) is 13.0 Å². The number of hydrogen-bond acceptors (Lipinski definition) is 3. The van der Waals surface area contributed by atoms with Gasteiger partial charge in [0.25, 0.3) is 0 Å². The predicted octanol–water partition coefficient (Wildman–Crippen LogP) is 1.58. The molecule has 0 N–H and O–H groups in total. The maximum Gasteiger partial charge on any atom is 0.312 e. The van der Waals surface area contributed by atoms with Gasteiger partial charge in [-0.1, -0.05) is 23.2 Å². The van der Waals surface area contributed by atoms with Crippen molar-refractivity contribution in [1.29, 1.82) is 0 Å². The Morgan fingerprint density at radius 1 is 1.21 bits per heavy atom. The first-order chi connectivity index (χ1) is 9.02. The van der Waals surface area contributed by atoms with Gasteiger partial charge in [-0.25, -0.2) is 4.98 Å². The second-order valence-electron chi connectivity index (χ2n) is 4.21. The molecular weight excluding hydrogens is 289 g/mol. The molecule has 1 aliphatic heterocycles. The highest BCUT2D eigenvalue weighted by Gasteiger charge is 2.31. The van der Waals surface area contributed by atoms with Gasteiger partial charge in [-0.15, -0.1) is 0 Å². The molecule has 7 heteroatoms. The lowest BCUT2D eigenvalue weighted by Crippen LogP contribution is -2.53. The summed E-state index contributed by atoms with van der Waals surface area (Å²) in [5.74, 6) is -0.967. The third-order valence-corrected chi connectivity index (χ3v) is 3.59. The van der Waals surface area contributed by atoms with E-state index in [2.05, 4.69) is 4.98 Å². The van der Waals surface area contributed by atoms with Gasteiger partial charge >= 0.3 is 11.8 Å². The first-order valence-corrected chi connectivity index (χ1v) is 6.66. The lowest BCUT2D eigenvalue weighted by atomic mass is 10.2. The van der Waals surface area contributed by atoms with E-state index < -0.39 is 11.8 Å². The van der Waals surface area contributed by atoms with E-state index in [4.69, 9.17) is 23.2 Å². The molecule has 0 unspecified atom stereocenters. The Labute approximate surface area is 121 Å².